The number of thiazole rings is 1. The number of carbonyl (C=O) groups excluding carboxylic acids is 1. The molecule has 1 aliphatic rings. The molecule has 14 heteroatoms. The van der Waals surface area contributed by atoms with Gasteiger partial charge in [-0.1, -0.05) is 82.0 Å². The predicted molar refractivity (Wildman–Crippen MR) is 164 cm³/mol. The van der Waals surface area contributed by atoms with Gasteiger partial charge in [-0.15, -0.1) is 0 Å². The summed E-state index contributed by atoms with van der Waals surface area (Å²) in [4.78, 5) is 30.4. The number of rotatable bonds is 7. The monoisotopic (exact) mass is 700 g/mol. The van der Waals surface area contributed by atoms with Gasteiger partial charge in [-0.3, -0.25) is 9.36 Å². The molecule has 0 amide bonds. The van der Waals surface area contributed by atoms with Gasteiger partial charge >= 0.3 is 12.1 Å². The van der Waals surface area contributed by atoms with E-state index in [2.05, 4.69) is 4.99 Å². The van der Waals surface area contributed by atoms with Crippen molar-refractivity contribution in [1.29, 1.82) is 0 Å². The molecule has 1 aromatic heterocycles. The van der Waals surface area contributed by atoms with Crippen molar-refractivity contribution in [3.63, 3.8) is 0 Å². The molecule has 0 spiro atoms. The molecular weight excluding hydrogens is 683 g/mol. The van der Waals surface area contributed by atoms with E-state index in [0.29, 0.717) is 26.9 Å². The Hall–Kier alpha value is -3.28. The SMILES string of the molecule is CCOC(=O)C1=C(C(F)(F)F)N=c2s/c(=C\c3cc(Cl)cc(Cl)c3OCc3ccc(Cl)cc3)c(=O)n2[C@@H]1c1ccc(Cl)cc1. The summed E-state index contributed by atoms with van der Waals surface area (Å²) in [5.74, 6) is -1.06. The molecule has 0 saturated carbocycles. The molecule has 228 valence electrons. The molecular formula is C30H19Cl4F3N2O4S. The topological polar surface area (TPSA) is 69.9 Å². The summed E-state index contributed by atoms with van der Waals surface area (Å²) in [6.45, 7) is 1.36. The van der Waals surface area contributed by atoms with E-state index in [1.54, 1.807) is 24.3 Å². The van der Waals surface area contributed by atoms with Gasteiger partial charge in [0, 0.05) is 20.6 Å². The zero-order chi connectivity index (χ0) is 31.8. The van der Waals surface area contributed by atoms with Gasteiger partial charge in [0.1, 0.15) is 12.4 Å². The van der Waals surface area contributed by atoms with Crippen molar-refractivity contribution < 1.29 is 27.4 Å². The number of halogens is 7. The Kier molecular flexibility index (Phi) is 9.48. The maximum absolute atomic E-state index is 14.4. The van der Waals surface area contributed by atoms with Crippen LogP contribution >= 0.6 is 57.7 Å². The van der Waals surface area contributed by atoms with Gasteiger partial charge in [0.15, 0.2) is 10.5 Å². The number of benzene rings is 3. The first-order chi connectivity index (χ1) is 20.9. The standard InChI is InChI=1S/C30H19Cl4F3N2O4S/c1-2-42-28(41)23-24(16-5-9-19(32)10-6-16)39-27(40)22(44-29(39)38-26(23)30(35,36)37)12-17-11-20(33)13-21(34)25(17)43-14-15-3-7-18(31)8-4-15/h3-13,24H,2,14H2,1H3/b22-12-/t24-/m1/s1. The van der Waals surface area contributed by atoms with E-state index in [9.17, 15) is 22.8 Å². The van der Waals surface area contributed by atoms with Gasteiger partial charge in [-0.2, -0.15) is 13.2 Å². The lowest BCUT2D eigenvalue weighted by Gasteiger charge is -2.26. The molecule has 1 aliphatic heterocycles. The van der Waals surface area contributed by atoms with Gasteiger partial charge in [-0.25, -0.2) is 9.79 Å². The van der Waals surface area contributed by atoms with Gasteiger partial charge < -0.3 is 9.47 Å². The molecule has 1 atom stereocenters. The van der Waals surface area contributed by atoms with Crippen LogP contribution in [0.25, 0.3) is 6.08 Å². The van der Waals surface area contributed by atoms with Crippen LogP contribution in [0, 0.1) is 0 Å². The number of ether oxygens (including phenoxy) is 2. The average Bonchev–Trinajstić information content (AvgIpc) is 3.27. The summed E-state index contributed by atoms with van der Waals surface area (Å²) in [6, 6.07) is 14.1. The molecule has 0 unspecified atom stereocenters. The summed E-state index contributed by atoms with van der Waals surface area (Å²) in [5.41, 5.74) is -1.72. The first kappa shape index (κ1) is 32.1. The summed E-state index contributed by atoms with van der Waals surface area (Å²) >= 11 is 25.4. The van der Waals surface area contributed by atoms with E-state index >= 15 is 0 Å². The minimum Gasteiger partial charge on any atom is -0.487 e. The maximum atomic E-state index is 14.4. The van der Waals surface area contributed by atoms with Crippen molar-refractivity contribution >= 4 is 69.8 Å². The number of nitrogens with zero attached hydrogens (tertiary/aromatic N) is 2. The smallest absolute Gasteiger partial charge is 0.434 e. The molecule has 0 N–H and O–H groups in total. The van der Waals surface area contributed by atoms with Crippen LogP contribution < -0.4 is 19.6 Å². The molecule has 2 heterocycles. The molecule has 3 aromatic carbocycles. The van der Waals surface area contributed by atoms with E-state index < -0.39 is 35.0 Å². The number of allylic oxidation sites excluding steroid dienone is 1. The lowest BCUT2D eigenvalue weighted by Crippen LogP contribution is -2.41. The van der Waals surface area contributed by atoms with Crippen molar-refractivity contribution in [2.75, 3.05) is 6.61 Å². The van der Waals surface area contributed by atoms with E-state index in [0.717, 1.165) is 10.1 Å². The van der Waals surface area contributed by atoms with Gasteiger partial charge in [0.2, 0.25) is 0 Å². The number of hydrogen-bond donors (Lipinski definition) is 0. The predicted octanol–water partition coefficient (Wildman–Crippen LogP) is 7.53. The maximum Gasteiger partial charge on any atom is 0.434 e. The summed E-state index contributed by atoms with van der Waals surface area (Å²) in [7, 11) is 0. The van der Waals surface area contributed by atoms with E-state index in [1.807, 2.05) is 0 Å². The second-order valence-corrected chi connectivity index (χ2v) is 12.1. The number of hydrogen-bond acceptors (Lipinski definition) is 6. The third-order valence-electron chi connectivity index (χ3n) is 6.40. The Morgan fingerprint density at radius 2 is 1.64 bits per heavy atom. The molecule has 0 bridgehead atoms. The lowest BCUT2D eigenvalue weighted by molar-refractivity contribution is -0.140. The van der Waals surface area contributed by atoms with Crippen LogP contribution in [0.3, 0.4) is 0 Å². The molecule has 6 nitrogen and oxygen atoms in total. The van der Waals surface area contributed by atoms with Crippen LogP contribution in [-0.4, -0.2) is 23.3 Å². The molecule has 0 aliphatic carbocycles. The molecule has 4 aromatic rings. The Bertz CT molecular complexity index is 1950. The zero-order valence-electron chi connectivity index (χ0n) is 22.4. The quantitative estimate of drug-likeness (QED) is 0.187. The number of alkyl halides is 3. The fourth-order valence-electron chi connectivity index (χ4n) is 4.52. The molecule has 44 heavy (non-hydrogen) atoms. The first-order valence-corrected chi connectivity index (χ1v) is 15.1. The summed E-state index contributed by atoms with van der Waals surface area (Å²) in [5, 5.41) is 1.23. The molecule has 0 saturated heterocycles. The van der Waals surface area contributed by atoms with Gasteiger partial charge in [0.25, 0.3) is 5.56 Å². The van der Waals surface area contributed by atoms with Gasteiger partial charge in [0.05, 0.1) is 27.8 Å². The second-order valence-electron chi connectivity index (χ2n) is 9.34. The Balaban J connectivity index is 1.71. The average molecular weight is 702 g/mol. The minimum absolute atomic E-state index is 0.0102. The van der Waals surface area contributed by atoms with E-state index in [4.69, 9.17) is 55.9 Å². The summed E-state index contributed by atoms with van der Waals surface area (Å²) in [6.07, 6.45) is -3.63. The van der Waals surface area contributed by atoms with Crippen LogP contribution in [0.1, 0.15) is 29.7 Å². The number of esters is 1. The lowest BCUT2D eigenvalue weighted by atomic mass is 9.95. The van der Waals surface area contributed by atoms with Gasteiger partial charge in [-0.05, 0) is 60.5 Å². The third-order valence-corrected chi connectivity index (χ3v) is 8.39. The number of fused-ring (bicyclic) bond motifs is 1. The zero-order valence-corrected chi connectivity index (χ0v) is 26.3. The third kappa shape index (κ3) is 6.69. The minimum atomic E-state index is -5.04. The Morgan fingerprint density at radius 3 is 2.25 bits per heavy atom. The van der Waals surface area contributed by atoms with Crippen molar-refractivity contribution in [2.45, 2.75) is 25.7 Å². The fourth-order valence-corrected chi connectivity index (χ4v) is 6.33. The van der Waals surface area contributed by atoms with Crippen LogP contribution in [-0.2, 0) is 16.1 Å². The normalized spacial score (nSPS) is 15.2. The van der Waals surface area contributed by atoms with Crippen LogP contribution in [0.15, 0.2) is 81.7 Å². The Morgan fingerprint density at radius 1 is 1.00 bits per heavy atom. The second kappa shape index (κ2) is 13.0. The van der Waals surface area contributed by atoms with E-state index in [-0.39, 0.29) is 43.9 Å². The van der Waals surface area contributed by atoms with Crippen LogP contribution in [0.5, 0.6) is 5.75 Å². The highest BCUT2D eigenvalue weighted by molar-refractivity contribution is 7.07. The number of carbonyl (C=O) groups is 1. The largest absolute Gasteiger partial charge is 0.487 e. The Labute approximate surface area is 272 Å². The van der Waals surface area contributed by atoms with Crippen molar-refractivity contribution in [3.8, 4) is 5.75 Å². The highest BCUT2D eigenvalue weighted by Gasteiger charge is 2.45. The van der Waals surface area contributed by atoms with Crippen molar-refractivity contribution in [1.82, 2.24) is 4.57 Å². The molecule has 5 rings (SSSR count). The fraction of sp³-hybridized carbons (Fsp3) is 0.167. The summed E-state index contributed by atoms with van der Waals surface area (Å²) < 4.78 is 55.1. The molecule has 0 radical (unpaired) electrons. The van der Waals surface area contributed by atoms with E-state index in [1.165, 1.54) is 49.4 Å². The van der Waals surface area contributed by atoms with Crippen molar-refractivity contribution in [2.24, 2.45) is 4.99 Å². The highest BCUT2D eigenvalue weighted by atomic mass is 35.5. The van der Waals surface area contributed by atoms with Crippen LogP contribution in [0.2, 0.25) is 20.1 Å². The number of aromatic nitrogens is 1. The highest BCUT2D eigenvalue weighted by Crippen LogP contribution is 2.39. The van der Waals surface area contributed by atoms with Crippen molar-refractivity contribution in [3.05, 3.63) is 128 Å². The van der Waals surface area contributed by atoms with Crippen LogP contribution in [0.4, 0.5) is 13.2 Å². The molecule has 0 fully saturated rings. The first-order valence-electron chi connectivity index (χ1n) is 12.8.